The normalized spacial score (nSPS) is 11.4. The highest BCUT2D eigenvalue weighted by Crippen LogP contribution is 2.31. The topological polar surface area (TPSA) is 0 Å². The van der Waals surface area contributed by atoms with Gasteiger partial charge in [0.2, 0.25) is 0 Å². The van der Waals surface area contributed by atoms with Crippen molar-refractivity contribution in [3.63, 3.8) is 0 Å². The van der Waals surface area contributed by atoms with Crippen molar-refractivity contribution in [3.8, 4) is 11.1 Å². The Morgan fingerprint density at radius 2 is 0.833 bits per heavy atom. The summed E-state index contributed by atoms with van der Waals surface area (Å²) in [6, 6.07) is 34.3. The van der Waals surface area contributed by atoms with Gasteiger partial charge < -0.3 is 0 Å². The molecule has 4 aromatic rings. The average molecular weight is 387 g/mol. The summed E-state index contributed by atoms with van der Waals surface area (Å²) in [4.78, 5) is 0. The SMILES string of the molecule is Cc1ccc(-c2ccc(C)cc2/C=C/c2ccccc2)c(/C=C/c2ccccc2)c1. The van der Waals surface area contributed by atoms with Gasteiger partial charge in [-0.25, -0.2) is 0 Å². The lowest BCUT2D eigenvalue weighted by Crippen LogP contribution is -1.90. The van der Waals surface area contributed by atoms with Gasteiger partial charge in [0.25, 0.3) is 0 Å². The Morgan fingerprint density at radius 3 is 1.23 bits per heavy atom. The first kappa shape index (κ1) is 19.7. The van der Waals surface area contributed by atoms with Gasteiger partial charge in [-0.3, -0.25) is 0 Å². The van der Waals surface area contributed by atoms with Crippen molar-refractivity contribution >= 4 is 24.3 Å². The Labute approximate surface area is 179 Å². The molecule has 0 amide bonds. The molecule has 0 radical (unpaired) electrons. The Hall–Kier alpha value is -3.64. The monoisotopic (exact) mass is 386 g/mol. The van der Waals surface area contributed by atoms with E-state index in [9.17, 15) is 0 Å². The molecule has 30 heavy (non-hydrogen) atoms. The second kappa shape index (κ2) is 9.24. The summed E-state index contributed by atoms with van der Waals surface area (Å²) >= 11 is 0. The van der Waals surface area contributed by atoms with Crippen LogP contribution < -0.4 is 0 Å². The number of rotatable bonds is 5. The third kappa shape index (κ3) is 4.85. The molecule has 4 rings (SSSR count). The van der Waals surface area contributed by atoms with E-state index in [1.165, 1.54) is 44.5 Å². The maximum atomic E-state index is 2.26. The number of hydrogen-bond donors (Lipinski definition) is 0. The lowest BCUT2D eigenvalue weighted by molar-refractivity contribution is 1.43. The van der Waals surface area contributed by atoms with E-state index in [4.69, 9.17) is 0 Å². The average Bonchev–Trinajstić information content (AvgIpc) is 2.78. The Bertz CT molecular complexity index is 1080. The fourth-order valence-corrected chi connectivity index (χ4v) is 3.63. The van der Waals surface area contributed by atoms with Crippen LogP contribution in [-0.4, -0.2) is 0 Å². The molecule has 4 aromatic carbocycles. The van der Waals surface area contributed by atoms with E-state index in [1.54, 1.807) is 0 Å². The van der Waals surface area contributed by atoms with Gasteiger partial charge in [0.15, 0.2) is 0 Å². The molecular weight excluding hydrogens is 360 g/mol. The molecule has 0 unspecified atom stereocenters. The molecule has 0 aliphatic carbocycles. The van der Waals surface area contributed by atoms with Crippen LogP contribution in [0.4, 0.5) is 0 Å². The van der Waals surface area contributed by atoms with Crippen LogP contribution in [0.2, 0.25) is 0 Å². The molecule has 0 atom stereocenters. The molecule has 146 valence electrons. The van der Waals surface area contributed by atoms with Crippen molar-refractivity contribution in [2.24, 2.45) is 0 Å². The van der Waals surface area contributed by atoms with Gasteiger partial charge in [-0.15, -0.1) is 0 Å². The summed E-state index contributed by atoms with van der Waals surface area (Å²) in [5.74, 6) is 0. The van der Waals surface area contributed by atoms with Gasteiger partial charge in [0, 0.05) is 0 Å². The summed E-state index contributed by atoms with van der Waals surface area (Å²) in [5.41, 5.74) is 9.91. The Balaban J connectivity index is 1.77. The van der Waals surface area contributed by atoms with Gasteiger partial charge >= 0.3 is 0 Å². The summed E-state index contributed by atoms with van der Waals surface area (Å²) in [5, 5.41) is 0. The van der Waals surface area contributed by atoms with E-state index in [-0.39, 0.29) is 0 Å². The van der Waals surface area contributed by atoms with Gasteiger partial charge in [-0.1, -0.05) is 132 Å². The maximum Gasteiger partial charge on any atom is -0.0105 e. The van der Waals surface area contributed by atoms with Crippen molar-refractivity contribution in [2.45, 2.75) is 13.8 Å². The fraction of sp³-hybridized carbons (Fsp3) is 0.0667. The molecule has 0 aromatic heterocycles. The number of benzene rings is 4. The first-order chi connectivity index (χ1) is 14.7. The lowest BCUT2D eigenvalue weighted by Gasteiger charge is -2.12. The third-order valence-electron chi connectivity index (χ3n) is 5.21. The van der Waals surface area contributed by atoms with Crippen LogP contribution in [0.25, 0.3) is 35.4 Å². The Morgan fingerprint density at radius 1 is 0.433 bits per heavy atom. The van der Waals surface area contributed by atoms with Crippen molar-refractivity contribution < 1.29 is 0 Å². The summed E-state index contributed by atoms with van der Waals surface area (Å²) in [7, 11) is 0. The zero-order valence-electron chi connectivity index (χ0n) is 17.5. The fourth-order valence-electron chi connectivity index (χ4n) is 3.63. The van der Waals surface area contributed by atoms with E-state index in [0.717, 1.165) is 0 Å². The quantitative estimate of drug-likeness (QED) is 0.302. The van der Waals surface area contributed by atoms with Crippen molar-refractivity contribution in [2.75, 3.05) is 0 Å². The number of aryl methyl sites for hydroxylation is 2. The first-order valence-electron chi connectivity index (χ1n) is 10.4. The van der Waals surface area contributed by atoms with Gasteiger partial charge in [-0.05, 0) is 47.2 Å². The van der Waals surface area contributed by atoms with Crippen LogP contribution >= 0.6 is 0 Å². The summed E-state index contributed by atoms with van der Waals surface area (Å²) < 4.78 is 0. The van der Waals surface area contributed by atoms with E-state index in [2.05, 4.69) is 123 Å². The number of hydrogen-bond acceptors (Lipinski definition) is 0. The van der Waals surface area contributed by atoms with Crippen LogP contribution in [0.1, 0.15) is 33.4 Å². The van der Waals surface area contributed by atoms with Gasteiger partial charge in [-0.2, -0.15) is 0 Å². The van der Waals surface area contributed by atoms with E-state index < -0.39 is 0 Å². The molecule has 0 N–H and O–H groups in total. The highest BCUT2D eigenvalue weighted by Gasteiger charge is 2.08. The molecule has 0 fully saturated rings. The second-order valence-electron chi connectivity index (χ2n) is 7.67. The lowest BCUT2D eigenvalue weighted by atomic mass is 9.92. The molecule has 0 bridgehead atoms. The summed E-state index contributed by atoms with van der Waals surface area (Å²) in [6.45, 7) is 4.30. The van der Waals surface area contributed by atoms with Gasteiger partial charge in [0.1, 0.15) is 0 Å². The minimum absolute atomic E-state index is 1.21. The molecule has 0 heterocycles. The molecule has 0 spiro atoms. The van der Waals surface area contributed by atoms with E-state index in [0.29, 0.717) is 0 Å². The molecular formula is C30H26. The summed E-state index contributed by atoms with van der Waals surface area (Å²) in [6.07, 6.45) is 8.82. The molecule has 0 aliphatic rings. The van der Waals surface area contributed by atoms with Crippen LogP contribution in [0, 0.1) is 13.8 Å². The van der Waals surface area contributed by atoms with Crippen LogP contribution in [0.3, 0.4) is 0 Å². The smallest absolute Gasteiger partial charge is 0.0105 e. The van der Waals surface area contributed by atoms with Crippen LogP contribution in [0.15, 0.2) is 97.1 Å². The minimum Gasteiger partial charge on any atom is -0.0622 e. The first-order valence-corrected chi connectivity index (χ1v) is 10.4. The second-order valence-corrected chi connectivity index (χ2v) is 7.67. The van der Waals surface area contributed by atoms with Crippen molar-refractivity contribution in [1.82, 2.24) is 0 Å². The maximum absolute atomic E-state index is 2.26. The van der Waals surface area contributed by atoms with E-state index >= 15 is 0 Å². The zero-order chi connectivity index (χ0) is 20.8. The predicted octanol–water partition coefficient (Wildman–Crippen LogP) is 8.31. The third-order valence-corrected chi connectivity index (χ3v) is 5.21. The molecule has 0 aliphatic heterocycles. The Kier molecular flexibility index (Phi) is 6.06. The molecule has 0 saturated heterocycles. The standard InChI is InChI=1S/C30H26/c1-23-13-19-29(27(21-23)17-15-25-9-5-3-6-10-25)30-20-14-24(2)22-28(30)18-16-26-11-7-4-8-12-26/h3-22H,1-2H3/b17-15+,18-16+. The zero-order valence-corrected chi connectivity index (χ0v) is 17.5. The largest absolute Gasteiger partial charge is 0.0622 e. The van der Waals surface area contributed by atoms with Crippen molar-refractivity contribution in [3.05, 3.63) is 130 Å². The molecule has 0 nitrogen and oxygen atoms in total. The highest BCUT2D eigenvalue weighted by molar-refractivity contribution is 5.87. The van der Waals surface area contributed by atoms with Crippen LogP contribution in [-0.2, 0) is 0 Å². The van der Waals surface area contributed by atoms with E-state index in [1.807, 2.05) is 12.1 Å². The predicted molar refractivity (Wildman–Crippen MR) is 132 cm³/mol. The van der Waals surface area contributed by atoms with Gasteiger partial charge in [0.05, 0.1) is 0 Å². The van der Waals surface area contributed by atoms with Crippen LogP contribution in [0.5, 0.6) is 0 Å². The molecule has 0 heteroatoms. The van der Waals surface area contributed by atoms with Crippen molar-refractivity contribution in [1.29, 1.82) is 0 Å². The molecule has 0 saturated carbocycles. The minimum atomic E-state index is 1.21. The highest BCUT2D eigenvalue weighted by atomic mass is 14.1.